The summed E-state index contributed by atoms with van der Waals surface area (Å²) in [6.07, 6.45) is 6.31. The predicted octanol–water partition coefficient (Wildman–Crippen LogP) is 2.34. The quantitative estimate of drug-likeness (QED) is 0.616. The molecule has 0 saturated carbocycles. The van der Waals surface area contributed by atoms with Crippen LogP contribution in [-0.2, 0) is 11.3 Å². The average molecular weight is 275 g/mol. The third-order valence-electron chi connectivity index (χ3n) is 2.23. The summed E-state index contributed by atoms with van der Waals surface area (Å²) in [6, 6.07) is 3.37. The number of ether oxygens (including phenoxy) is 1. The van der Waals surface area contributed by atoms with E-state index in [1.807, 2.05) is 6.92 Å². The van der Waals surface area contributed by atoms with Gasteiger partial charge in [-0.3, -0.25) is 9.97 Å². The number of carbonyl (C=O) groups is 1. The summed E-state index contributed by atoms with van der Waals surface area (Å²) in [5, 5.41) is 0.816. The number of rotatable bonds is 5. The lowest BCUT2D eigenvalue weighted by atomic mass is 10.3. The summed E-state index contributed by atoms with van der Waals surface area (Å²) in [4.78, 5) is 24.0. The molecule has 0 aliphatic carbocycles. The molecule has 19 heavy (non-hydrogen) atoms. The van der Waals surface area contributed by atoms with Gasteiger partial charge in [-0.2, -0.15) is 0 Å². The van der Waals surface area contributed by atoms with Crippen molar-refractivity contribution in [3.8, 4) is 0 Å². The fourth-order valence-corrected chi connectivity index (χ4v) is 2.03. The van der Waals surface area contributed by atoms with Crippen molar-refractivity contribution in [2.24, 2.45) is 0 Å². The molecule has 0 saturated heterocycles. The highest BCUT2D eigenvalue weighted by Gasteiger charge is 2.09. The van der Waals surface area contributed by atoms with Gasteiger partial charge in [0.1, 0.15) is 6.61 Å². The minimum Gasteiger partial charge on any atom is -0.456 e. The summed E-state index contributed by atoms with van der Waals surface area (Å²) in [5.41, 5.74) is 1.11. The molecule has 0 bridgehead atoms. The van der Waals surface area contributed by atoms with Crippen molar-refractivity contribution in [3.05, 3.63) is 48.2 Å². The lowest BCUT2D eigenvalue weighted by Gasteiger charge is -2.05. The summed E-state index contributed by atoms with van der Waals surface area (Å²) in [6.45, 7) is 2.15. The number of hydrogen-bond donors (Lipinski definition) is 0. The van der Waals surface area contributed by atoms with Crippen LogP contribution < -0.4 is 0 Å². The van der Waals surface area contributed by atoms with Crippen LogP contribution in [0.5, 0.6) is 0 Å². The molecule has 0 spiro atoms. The van der Waals surface area contributed by atoms with Gasteiger partial charge in [-0.15, -0.1) is 11.8 Å². The first-order valence-corrected chi connectivity index (χ1v) is 6.79. The largest absolute Gasteiger partial charge is 0.456 e. The van der Waals surface area contributed by atoms with Gasteiger partial charge in [-0.05, 0) is 17.9 Å². The van der Waals surface area contributed by atoms with Crippen LogP contribution in [0.2, 0.25) is 0 Å². The van der Waals surface area contributed by atoms with E-state index in [1.54, 1.807) is 48.7 Å². The zero-order chi connectivity index (χ0) is 13.5. The highest BCUT2D eigenvalue weighted by atomic mass is 32.2. The Kier molecular flexibility index (Phi) is 4.85. The Morgan fingerprint density at radius 3 is 2.95 bits per heavy atom. The van der Waals surface area contributed by atoms with E-state index in [9.17, 15) is 4.79 Å². The number of nitrogens with zero attached hydrogens (tertiary/aromatic N) is 3. The zero-order valence-electron chi connectivity index (χ0n) is 10.4. The fourth-order valence-electron chi connectivity index (χ4n) is 1.39. The number of esters is 1. The van der Waals surface area contributed by atoms with Crippen molar-refractivity contribution in [1.82, 2.24) is 15.0 Å². The molecule has 0 aliphatic heterocycles. The Morgan fingerprint density at radius 2 is 2.21 bits per heavy atom. The van der Waals surface area contributed by atoms with E-state index in [1.165, 1.54) is 0 Å². The van der Waals surface area contributed by atoms with E-state index >= 15 is 0 Å². The maximum atomic E-state index is 11.9. The van der Waals surface area contributed by atoms with Crippen LogP contribution in [0.1, 0.15) is 23.0 Å². The Morgan fingerprint density at radius 1 is 1.32 bits per heavy atom. The second kappa shape index (κ2) is 6.84. The maximum absolute atomic E-state index is 11.9. The number of pyridine rings is 1. The second-order valence-corrected chi connectivity index (χ2v) is 4.87. The van der Waals surface area contributed by atoms with Crippen molar-refractivity contribution < 1.29 is 9.53 Å². The van der Waals surface area contributed by atoms with Crippen molar-refractivity contribution >= 4 is 17.7 Å². The number of hydrogen-bond acceptors (Lipinski definition) is 6. The SMILES string of the molecule is CCSc1cc(C(=O)OCc2cnccn2)ccn1. The van der Waals surface area contributed by atoms with E-state index in [2.05, 4.69) is 15.0 Å². The first-order valence-electron chi connectivity index (χ1n) is 5.80. The Balaban J connectivity index is 1.98. The monoisotopic (exact) mass is 275 g/mol. The van der Waals surface area contributed by atoms with Crippen LogP contribution in [-0.4, -0.2) is 26.7 Å². The summed E-state index contributed by atoms with van der Waals surface area (Å²) in [5.74, 6) is 0.525. The summed E-state index contributed by atoms with van der Waals surface area (Å²) >= 11 is 1.58. The molecular formula is C13H13N3O2S. The Hall–Kier alpha value is -1.95. The van der Waals surface area contributed by atoms with Crippen LogP contribution >= 0.6 is 11.8 Å². The first-order chi connectivity index (χ1) is 9.29. The topological polar surface area (TPSA) is 65.0 Å². The fraction of sp³-hybridized carbons (Fsp3) is 0.231. The Bertz CT molecular complexity index is 549. The second-order valence-electron chi connectivity index (χ2n) is 3.59. The molecule has 2 aromatic heterocycles. The lowest BCUT2D eigenvalue weighted by Crippen LogP contribution is -2.06. The van der Waals surface area contributed by atoms with Crippen LogP contribution in [0, 0.1) is 0 Å². The highest BCUT2D eigenvalue weighted by molar-refractivity contribution is 7.99. The van der Waals surface area contributed by atoms with E-state index < -0.39 is 0 Å². The lowest BCUT2D eigenvalue weighted by molar-refractivity contribution is 0.0467. The molecule has 0 N–H and O–H groups in total. The molecule has 0 atom stereocenters. The van der Waals surface area contributed by atoms with Gasteiger partial charge in [0.25, 0.3) is 0 Å². The molecule has 6 heteroatoms. The van der Waals surface area contributed by atoms with Gasteiger partial charge in [0.05, 0.1) is 22.5 Å². The zero-order valence-corrected chi connectivity index (χ0v) is 11.3. The van der Waals surface area contributed by atoms with Crippen molar-refractivity contribution in [3.63, 3.8) is 0 Å². The van der Waals surface area contributed by atoms with E-state index in [0.29, 0.717) is 11.3 Å². The van der Waals surface area contributed by atoms with Crippen LogP contribution in [0.25, 0.3) is 0 Å². The van der Waals surface area contributed by atoms with Crippen LogP contribution in [0.4, 0.5) is 0 Å². The van der Waals surface area contributed by atoms with Gasteiger partial charge in [-0.25, -0.2) is 9.78 Å². The normalized spacial score (nSPS) is 10.2. The smallest absolute Gasteiger partial charge is 0.338 e. The molecule has 2 aromatic rings. The third kappa shape index (κ3) is 4.03. The molecule has 0 radical (unpaired) electrons. The van der Waals surface area contributed by atoms with Crippen molar-refractivity contribution in [2.75, 3.05) is 5.75 Å². The molecule has 0 aromatic carbocycles. The number of thioether (sulfide) groups is 1. The van der Waals surface area contributed by atoms with Gasteiger partial charge in [0, 0.05) is 18.6 Å². The van der Waals surface area contributed by atoms with Crippen molar-refractivity contribution in [2.45, 2.75) is 18.6 Å². The highest BCUT2D eigenvalue weighted by Crippen LogP contribution is 2.16. The summed E-state index contributed by atoms with van der Waals surface area (Å²) in [7, 11) is 0. The van der Waals surface area contributed by atoms with Gasteiger partial charge < -0.3 is 4.74 Å². The van der Waals surface area contributed by atoms with Gasteiger partial charge in [0.15, 0.2) is 0 Å². The molecule has 0 amide bonds. The molecule has 0 aliphatic rings. The molecule has 0 unspecified atom stereocenters. The summed E-state index contributed by atoms with van der Waals surface area (Å²) < 4.78 is 5.17. The molecule has 5 nitrogen and oxygen atoms in total. The Labute approximate surface area is 115 Å². The average Bonchev–Trinajstić information content (AvgIpc) is 2.46. The van der Waals surface area contributed by atoms with Gasteiger partial charge >= 0.3 is 5.97 Å². The van der Waals surface area contributed by atoms with E-state index in [4.69, 9.17) is 4.74 Å². The van der Waals surface area contributed by atoms with Crippen LogP contribution in [0.15, 0.2) is 41.9 Å². The van der Waals surface area contributed by atoms with Crippen molar-refractivity contribution in [1.29, 1.82) is 0 Å². The van der Waals surface area contributed by atoms with E-state index in [-0.39, 0.29) is 12.6 Å². The molecule has 0 fully saturated rings. The third-order valence-corrected chi connectivity index (χ3v) is 3.04. The molecule has 2 rings (SSSR count). The molecule has 2 heterocycles. The number of carbonyl (C=O) groups excluding carboxylic acids is 1. The first kappa shape index (κ1) is 13.5. The number of aromatic nitrogens is 3. The van der Waals surface area contributed by atoms with E-state index in [0.717, 1.165) is 10.8 Å². The minimum absolute atomic E-state index is 0.116. The predicted molar refractivity (Wildman–Crippen MR) is 71.8 cm³/mol. The standard InChI is InChI=1S/C13H13N3O2S/c1-2-19-12-7-10(3-4-16-12)13(17)18-9-11-8-14-5-6-15-11/h3-8H,2,9H2,1H3. The van der Waals surface area contributed by atoms with Crippen LogP contribution in [0.3, 0.4) is 0 Å². The van der Waals surface area contributed by atoms with Gasteiger partial charge in [-0.1, -0.05) is 6.92 Å². The minimum atomic E-state index is -0.383. The molecular weight excluding hydrogens is 262 g/mol. The van der Waals surface area contributed by atoms with Gasteiger partial charge in [0.2, 0.25) is 0 Å². The maximum Gasteiger partial charge on any atom is 0.338 e. The molecule has 98 valence electrons.